The van der Waals surface area contributed by atoms with Gasteiger partial charge in [0.05, 0.1) is 29.4 Å². The first kappa shape index (κ1) is 39.2. The van der Waals surface area contributed by atoms with Crippen LogP contribution in [0.5, 0.6) is 11.6 Å². The Morgan fingerprint density at radius 1 is 1.09 bits per heavy atom. The minimum atomic E-state index is -3.99. The fraction of sp³-hybridized carbons (Fsp3) is 0.632. The van der Waals surface area contributed by atoms with Crippen LogP contribution in [0, 0.1) is 5.92 Å². The molecule has 294 valence electrons. The summed E-state index contributed by atoms with van der Waals surface area (Å²) in [6.45, 7) is 8.66. The van der Waals surface area contributed by atoms with Crippen LogP contribution >= 0.6 is 0 Å². The predicted molar refractivity (Wildman–Crippen MR) is 199 cm³/mol. The van der Waals surface area contributed by atoms with Gasteiger partial charge in [-0.3, -0.25) is 19.1 Å². The van der Waals surface area contributed by atoms with Crippen molar-refractivity contribution < 1.29 is 41.8 Å². The monoisotopic (exact) mass is 768 g/mol. The number of sulfonamides is 1. The van der Waals surface area contributed by atoms with Crippen LogP contribution in [0.2, 0.25) is 0 Å². The Morgan fingerprint density at radius 2 is 1.85 bits per heavy atom. The summed E-state index contributed by atoms with van der Waals surface area (Å²) >= 11 is 0. The van der Waals surface area contributed by atoms with Crippen molar-refractivity contribution >= 4 is 44.9 Å². The molecular weight excluding hydrogens is 717 g/mol. The molecule has 2 aromatic rings. The Labute approximate surface area is 316 Å². The number of hydrogen-bond acceptors (Lipinski definition) is 11. The second-order valence-electron chi connectivity index (χ2n) is 16.1. The van der Waals surface area contributed by atoms with Gasteiger partial charge in [-0.25, -0.2) is 23.2 Å². The first-order valence-corrected chi connectivity index (χ1v) is 20.3. The molecule has 2 saturated carbocycles. The van der Waals surface area contributed by atoms with E-state index >= 15 is 0 Å². The second kappa shape index (κ2) is 15.0. The average molecular weight is 769 g/mol. The smallest absolute Gasteiger partial charge is 0.408 e. The number of methoxy groups -OCH3 is 1. The number of hydrogen-bond donors (Lipinski definition) is 3. The molecule has 1 aromatic carbocycles. The lowest BCUT2D eigenvalue weighted by Crippen LogP contribution is -2.58. The van der Waals surface area contributed by atoms with E-state index in [0.29, 0.717) is 61.0 Å². The third-order valence-corrected chi connectivity index (χ3v) is 12.8. The molecule has 54 heavy (non-hydrogen) atoms. The number of allylic oxidation sites excluding steroid dienone is 1. The Hall–Kier alpha value is -4.47. The van der Waals surface area contributed by atoms with Gasteiger partial charge < -0.3 is 29.7 Å². The molecule has 0 bridgehead atoms. The number of fused-ring (bicyclic) bond motifs is 3. The predicted octanol–water partition coefficient (Wildman–Crippen LogP) is 3.84. The number of nitrogens with zero attached hydrogens (tertiary/aromatic N) is 3. The van der Waals surface area contributed by atoms with Crippen molar-refractivity contribution in [1.82, 2.24) is 30.2 Å². The van der Waals surface area contributed by atoms with E-state index in [9.17, 15) is 27.6 Å². The number of amides is 4. The maximum absolute atomic E-state index is 14.5. The quantitative estimate of drug-likeness (QED) is 0.331. The summed E-state index contributed by atoms with van der Waals surface area (Å²) in [5, 5.41) is 5.63. The normalized spacial score (nSPS) is 27.6. The molecule has 0 unspecified atom stereocenters. The van der Waals surface area contributed by atoms with Crippen molar-refractivity contribution in [2.24, 2.45) is 5.92 Å². The van der Waals surface area contributed by atoms with Crippen LogP contribution in [-0.4, -0.2) is 94.8 Å². The van der Waals surface area contributed by atoms with Gasteiger partial charge in [-0.1, -0.05) is 31.9 Å². The number of carbonyl (C=O) groups excluding carboxylic acids is 4. The van der Waals surface area contributed by atoms with Gasteiger partial charge in [0, 0.05) is 18.4 Å². The molecule has 4 amide bonds. The zero-order valence-electron chi connectivity index (χ0n) is 31.9. The molecule has 6 rings (SSSR count). The fourth-order valence-corrected chi connectivity index (χ4v) is 8.37. The molecule has 0 spiro atoms. The molecular formula is C38H52N6O9S. The van der Waals surface area contributed by atoms with Crippen molar-refractivity contribution in [3.05, 3.63) is 36.0 Å². The first-order valence-electron chi connectivity index (χ1n) is 18.8. The minimum absolute atomic E-state index is 0.0281. The van der Waals surface area contributed by atoms with Gasteiger partial charge in [-0.05, 0) is 84.8 Å². The summed E-state index contributed by atoms with van der Waals surface area (Å²) in [5.41, 5.74) is -0.548. The largest absolute Gasteiger partial charge is 0.497 e. The van der Waals surface area contributed by atoms with Crippen LogP contribution in [-0.2, 0) is 35.6 Å². The number of alkyl carbamates (subject to hydrolysis) is 1. The third-order valence-electron chi connectivity index (χ3n) is 10.7. The molecule has 1 aromatic heterocycles. The van der Waals surface area contributed by atoms with Crippen molar-refractivity contribution in [1.29, 1.82) is 0 Å². The first-order chi connectivity index (χ1) is 25.5. The molecule has 3 heterocycles. The van der Waals surface area contributed by atoms with E-state index in [1.54, 1.807) is 53.0 Å². The molecule has 5 atom stereocenters. The highest BCUT2D eigenvalue weighted by Crippen LogP contribution is 2.47. The van der Waals surface area contributed by atoms with Gasteiger partial charge >= 0.3 is 6.09 Å². The van der Waals surface area contributed by atoms with Crippen molar-refractivity contribution in [2.45, 2.75) is 133 Å². The number of ether oxygens (including phenoxy) is 3. The minimum Gasteiger partial charge on any atom is -0.497 e. The lowest BCUT2D eigenvalue weighted by atomic mass is 10.0. The van der Waals surface area contributed by atoms with Gasteiger partial charge in [-0.15, -0.1) is 0 Å². The highest BCUT2D eigenvalue weighted by molar-refractivity contribution is 7.91. The molecule has 3 N–H and O–H groups in total. The third kappa shape index (κ3) is 8.42. The van der Waals surface area contributed by atoms with Crippen LogP contribution in [0.4, 0.5) is 4.79 Å². The van der Waals surface area contributed by atoms with Gasteiger partial charge in [-0.2, -0.15) is 0 Å². The Balaban J connectivity index is 1.32. The molecule has 2 aliphatic carbocycles. The number of aromatic nitrogens is 2. The SMILES string of the molecule is CCc1nc2ccc(OC)cc2nc1O[C@@H]1C[C@H]2C(=O)N[C@]3(C(=O)NS(=O)(=O)C4(C)CC4)C[C@H]3/C=C\CCCCC[C@H](NC(=O)OC(C)(C)C)C(=O)N2C1. The van der Waals surface area contributed by atoms with Crippen LogP contribution in [0.15, 0.2) is 30.4 Å². The summed E-state index contributed by atoms with van der Waals surface area (Å²) in [6.07, 6.45) is 7.10. The van der Waals surface area contributed by atoms with E-state index < -0.39 is 73.8 Å². The van der Waals surface area contributed by atoms with E-state index in [2.05, 4.69) is 15.4 Å². The van der Waals surface area contributed by atoms with Crippen LogP contribution in [0.1, 0.15) is 98.1 Å². The summed E-state index contributed by atoms with van der Waals surface area (Å²) in [5.74, 6) is -1.53. The van der Waals surface area contributed by atoms with Crippen LogP contribution < -0.4 is 24.8 Å². The fourth-order valence-electron chi connectivity index (χ4n) is 7.06. The molecule has 0 radical (unpaired) electrons. The van der Waals surface area contributed by atoms with E-state index in [-0.39, 0.29) is 25.3 Å². The number of nitrogens with one attached hydrogen (secondary N) is 3. The Morgan fingerprint density at radius 3 is 2.54 bits per heavy atom. The number of carbonyl (C=O) groups is 4. The van der Waals surface area contributed by atoms with Crippen LogP contribution in [0.3, 0.4) is 0 Å². The van der Waals surface area contributed by atoms with Crippen LogP contribution in [0.25, 0.3) is 11.0 Å². The number of aryl methyl sites for hydroxylation is 1. The molecule has 16 heteroatoms. The van der Waals surface area contributed by atoms with Gasteiger partial charge in [0.15, 0.2) is 0 Å². The van der Waals surface area contributed by atoms with E-state index in [4.69, 9.17) is 24.2 Å². The van der Waals surface area contributed by atoms with Crippen molar-refractivity contribution in [3.8, 4) is 11.6 Å². The highest BCUT2D eigenvalue weighted by Gasteiger charge is 2.63. The molecule has 1 saturated heterocycles. The van der Waals surface area contributed by atoms with E-state index in [0.717, 1.165) is 12.8 Å². The summed E-state index contributed by atoms with van der Waals surface area (Å²) in [4.78, 5) is 66.6. The maximum atomic E-state index is 14.5. The van der Waals surface area contributed by atoms with Gasteiger partial charge in [0.1, 0.15) is 40.8 Å². The summed E-state index contributed by atoms with van der Waals surface area (Å²) in [6, 6.07) is 3.21. The molecule has 15 nitrogen and oxygen atoms in total. The zero-order valence-corrected chi connectivity index (χ0v) is 32.7. The number of benzene rings is 1. The topological polar surface area (TPSA) is 195 Å². The molecule has 3 fully saturated rings. The van der Waals surface area contributed by atoms with Gasteiger partial charge in [0.2, 0.25) is 27.7 Å². The summed E-state index contributed by atoms with van der Waals surface area (Å²) < 4.78 is 44.8. The zero-order chi connectivity index (χ0) is 39.1. The lowest BCUT2D eigenvalue weighted by Gasteiger charge is -2.30. The number of rotatable bonds is 8. The lowest BCUT2D eigenvalue weighted by molar-refractivity contribution is -0.141. The van der Waals surface area contributed by atoms with Crippen molar-refractivity contribution in [3.63, 3.8) is 0 Å². The summed E-state index contributed by atoms with van der Waals surface area (Å²) in [7, 11) is -2.44. The van der Waals surface area contributed by atoms with Gasteiger partial charge in [0.25, 0.3) is 5.91 Å². The average Bonchev–Trinajstić information content (AvgIpc) is 3.99. The standard InChI is InChI=1S/C38H52N6O9S/c1-7-26-32(40-29-19-24(51-6)15-16-27(29)39-26)52-25-20-30-31(45)42-38(34(47)43-54(49,50)37(5)17-18-37)21-23(38)13-11-9-8-10-12-14-28(33(46)44(30)22-25)41-35(48)53-36(2,3)4/h11,13,15-16,19,23,25,28,30H,7-10,12,14,17-18,20-22H2,1-6H3,(H,41,48)(H,42,45)(H,43,47)/b13-11-/t23-,25-,28+,30+,38-/m1/s1. The van der Waals surface area contributed by atoms with Crippen molar-refractivity contribution in [2.75, 3.05) is 13.7 Å². The Bertz CT molecular complexity index is 1940. The molecule has 4 aliphatic rings. The second-order valence-corrected chi connectivity index (χ2v) is 18.3. The highest BCUT2D eigenvalue weighted by atomic mass is 32.2. The maximum Gasteiger partial charge on any atom is 0.408 e. The molecule has 2 aliphatic heterocycles. The Kier molecular flexibility index (Phi) is 10.9. The van der Waals surface area contributed by atoms with E-state index in [1.807, 2.05) is 19.1 Å². The van der Waals surface area contributed by atoms with E-state index in [1.165, 1.54) is 4.90 Å².